The summed E-state index contributed by atoms with van der Waals surface area (Å²) in [6.07, 6.45) is 3.01. The molecule has 2 rings (SSSR count). The van der Waals surface area contributed by atoms with Crippen LogP contribution in [0.5, 0.6) is 0 Å². The molecule has 1 aromatic rings. The van der Waals surface area contributed by atoms with Crippen molar-refractivity contribution >= 4 is 33.0 Å². The maximum Gasteiger partial charge on any atom is 0.252 e. The van der Waals surface area contributed by atoms with Gasteiger partial charge in [-0.1, -0.05) is 11.6 Å². The fraction of sp³-hybridized carbons (Fsp3) is 0.667. The van der Waals surface area contributed by atoms with Gasteiger partial charge in [-0.25, -0.2) is 8.42 Å². The summed E-state index contributed by atoms with van der Waals surface area (Å²) in [6.45, 7) is 2.23. The molecular weight excluding hydrogens is 304 g/mol. The zero-order valence-electron chi connectivity index (χ0n) is 10.9. The minimum atomic E-state index is -3.33. The minimum absolute atomic E-state index is 0.353. The van der Waals surface area contributed by atoms with Gasteiger partial charge in [0.1, 0.15) is 4.21 Å². The summed E-state index contributed by atoms with van der Waals surface area (Å²) in [6, 6.07) is 3.23. The number of halogens is 1. The summed E-state index contributed by atoms with van der Waals surface area (Å²) in [5, 5.41) is 3.14. The van der Waals surface area contributed by atoms with Crippen LogP contribution in [0.2, 0.25) is 4.34 Å². The van der Waals surface area contributed by atoms with Gasteiger partial charge in [-0.05, 0) is 50.9 Å². The van der Waals surface area contributed by atoms with Crippen LogP contribution in [0, 0.1) is 5.92 Å². The molecule has 0 unspecified atom stereocenters. The van der Waals surface area contributed by atoms with E-state index >= 15 is 0 Å². The summed E-state index contributed by atoms with van der Waals surface area (Å²) in [4.78, 5) is 0. The molecule has 1 saturated heterocycles. The summed E-state index contributed by atoms with van der Waals surface area (Å²) >= 11 is 6.94. The van der Waals surface area contributed by atoms with Crippen LogP contribution in [0.4, 0.5) is 0 Å². The van der Waals surface area contributed by atoms with E-state index in [-0.39, 0.29) is 0 Å². The molecule has 4 nitrogen and oxygen atoms in total. The first-order valence-electron chi connectivity index (χ1n) is 6.44. The van der Waals surface area contributed by atoms with Gasteiger partial charge in [0, 0.05) is 13.1 Å². The Morgan fingerprint density at radius 3 is 2.63 bits per heavy atom. The topological polar surface area (TPSA) is 49.4 Å². The van der Waals surface area contributed by atoms with E-state index in [2.05, 4.69) is 5.32 Å². The van der Waals surface area contributed by atoms with Crippen molar-refractivity contribution in [1.29, 1.82) is 0 Å². The van der Waals surface area contributed by atoms with Gasteiger partial charge in [0.25, 0.3) is 10.0 Å². The summed E-state index contributed by atoms with van der Waals surface area (Å²) in [7, 11) is -1.39. The van der Waals surface area contributed by atoms with Crippen LogP contribution in [0.15, 0.2) is 16.3 Å². The number of sulfonamides is 1. The highest BCUT2D eigenvalue weighted by molar-refractivity contribution is 7.91. The molecule has 108 valence electrons. The Hall–Kier alpha value is -0.140. The van der Waals surface area contributed by atoms with Crippen molar-refractivity contribution in [3.63, 3.8) is 0 Å². The molecule has 1 aromatic heterocycles. The van der Waals surface area contributed by atoms with E-state index in [0.29, 0.717) is 27.6 Å². The molecule has 1 aliphatic heterocycles. The molecular formula is C12H19ClN2O2S2. The Labute approximate surface area is 123 Å². The maximum atomic E-state index is 12.4. The number of hydrogen-bond donors (Lipinski definition) is 1. The predicted octanol–water partition coefficient (Wildman–Crippen LogP) is 2.41. The molecule has 1 fully saturated rings. The third-order valence-electron chi connectivity index (χ3n) is 3.52. The predicted molar refractivity (Wildman–Crippen MR) is 79.4 cm³/mol. The molecule has 0 saturated carbocycles. The smallest absolute Gasteiger partial charge is 0.252 e. The van der Waals surface area contributed by atoms with Crippen molar-refractivity contribution in [2.75, 3.05) is 26.7 Å². The normalized spacial score (nSPS) is 18.8. The summed E-state index contributed by atoms with van der Waals surface area (Å²) in [5.74, 6) is 0.630. The molecule has 0 aromatic carbocycles. The molecule has 0 spiro atoms. The van der Waals surface area contributed by atoms with Crippen molar-refractivity contribution in [3.05, 3.63) is 16.5 Å². The van der Waals surface area contributed by atoms with Crippen molar-refractivity contribution in [2.45, 2.75) is 23.5 Å². The van der Waals surface area contributed by atoms with Crippen LogP contribution in [0.3, 0.4) is 0 Å². The highest BCUT2D eigenvalue weighted by atomic mass is 35.5. The third-order valence-corrected chi connectivity index (χ3v) is 7.12. The summed E-state index contributed by atoms with van der Waals surface area (Å²) in [5.41, 5.74) is 0. The largest absolute Gasteiger partial charge is 0.320 e. The highest BCUT2D eigenvalue weighted by Gasteiger charge is 2.30. The van der Waals surface area contributed by atoms with Crippen molar-refractivity contribution < 1.29 is 8.42 Å². The number of thiophene rings is 1. The van der Waals surface area contributed by atoms with Crippen molar-refractivity contribution in [3.8, 4) is 0 Å². The summed E-state index contributed by atoms with van der Waals surface area (Å²) < 4.78 is 27.2. The molecule has 0 radical (unpaired) electrons. The lowest BCUT2D eigenvalue weighted by Gasteiger charge is -2.30. The molecule has 0 aliphatic carbocycles. The zero-order valence-corrected chi connectivity index (χ0v) is 13.3. The fourth-order valence-corrected chi connectivity index (χ4v) is 5.46. The van der Waals surface area contributed by atoms with Crippen LogP contribution in [-0.4, -0.2) is 39.4 Å². The zero-order chi connectivity index (χ0) is 13.9. The standard InChI is InChI=1S/C12H19ClN2O2S2/c1-14-7-4-10-5-8-15(9-6-10)19(16,17)12-3-2-11(13)18-12/h2-3,10,14H,4-9H2,1H3. The van der Waals surface area contributed by atoms with E-state index in [4.69, 9.17) is 11.6 Å². The number of hydrogen-bond acceptors (Lipinski definition) is 4. The van der Waals surface area contributed by atoms with Gasteiger partial charge in [-0.2, -0.15) is 4.31 Å². The van der Waals surface area contributed by atoms with Gasteiger partial charge in [0.15, 0.2) is 0 Å². The van der Waals surface area contributed by atoms with Crippen LogP contribution in [0.1, 0.15) is 19.3 Å². The fourth-order valence-electron chi connectivity index (χ4n) is 2.35. The van der Waals surface area contributed by atoms with Gasteiger partial charge in [0.2, 0.25) is 0 Å². The third kappa shape index (κ3) is 3.70. The van der Waals surface area contributed by atoms with Gasteiger partial charge >= 0.3 is 0 Å². The van der Waals surface area contributed by atoms with E-state index in [9.17, 15) is 8.42 Å². The van der Waals surface area contributed by atoms with Gasteiger partial charge in [-0.3, -0.25) is 0 Å². The van der Waals surface area contributed by atoms with Gasteiger partial charge in [-0.15, -0.1) is 11.3 Å². The van der Waals surface area contributed by atoms with Crippen LogP contribution in [-0.2, 0) is 10.0 Å². The van der Waals surface area contributed by atoms with E-state index in [0.717, 1.165) is 37.1 Å². The first-order valence-corrected chi connectivity index (χ1v) is 9.07. The molecule has 7 heteroatoms. The number of rotatable bonds is 5. The van der Waals surface area contributed by atoms with E-state index in [1.807, 2.05) is 7.05 Å². The molecule has 19 heavy (non-hydrogen) atoms. The highest BCUT2D eigenvalue weighted by Crippen LogP contribution is 2.30. The lowest BCUT2D eigenvalue weighted by atomic mass is 9.95. The Morgan fingerprint density at radius 2 is 2.11 bits per heavy atom. The quantitative estimate of drug-likeness (QED) is 0.905. The van der Waals surface area contributed by atoms with Gasteiger partial charge < -0.3 is 5.32 Å². The minimum Gasteiger partial charge on any atom is -0.320 e. The second kappa shape index (κ2) is 6.54. The number of nitrogens with one attached hydrogen (secondary N) is 1. The second-order valence-electron chi connectivity index (χ2n) is 4.80. The lowest BCUT2D eigenvalue weighted by Crippen LogP contribution is -2.38. The van der Waals surface area contributed by atoms with Crippen molar-refractivity contribution in [2.24, 2.45) is 5.92 Å². The first kappa shape index (κ1) is 15.3. The molecule has 2 heterocycles. The SMILES string of the molecule is CNCCC1CCN(S(=O)(=O)c2ccc(Cl)s2)CC1. The van der Waals surface area contributed by atoms with Crippen LogP contribution >= 0.6 is 22.9 Å². The van der Waals surface area contributed by atoms with Crippen molar-refractivity contribution in [1.82, 2.24) is 9.62 Å². The first-order chi connectivity index (χ1) is 9.04. The lowest BCUT2D eigenvalue weighted by molar-refractivity contribution is 0.263. The second-order valence-corrected chi connectivity index (χ2v) is 8.68. The Morgan fingerprint density at radius 1 is 1.42 bits per heavy atom. The van der Waals surface area contributed by atoms with E-state index < -0.39 is 10.0 Å². The average molecular weight is 323 g/mol. The molecule has 0 atom stereocenters. The Balaban J connectivity index is 1.97. The average Bonchev–Trinajstić information content (AvgIpc) is 2.84. The molecule has 0 amide bonds. The Bertz CT molecular complexity index is 508. The Kier molecular flexibility index (Phi) is 5.25. The number of piperidine rings is 1. The molecule has 0 bridgehead atoms. The number of nitrogens with zero attached hydrogens (tertiary/aromatic N) is 1. The maximum absolute atomic E-state index is 12.4. The van der Waals surface area contributed by atoms with Crippen LogP contribution < -0.4 is 5.32 Å². The molecule has 1 aliphatic rings. The van der Waals surface area contributed by atoms with E-state index in [1.54, 1.807) is 16.4 Å². The monoisotopic (exact) mass is 322 g/mol. The van der Waals surface area contributed by atoms with Crippen LogP contribution in [0.25, 0.3) is 0 Å². The molecule has 1 N–H and O–H groups in total. The van der Waals surface area contributed by atoms with Gasteiger partial charge in [0.05, 0.1) is 4.34 Å². The van der Waals surface area contributed by atoms with E-state index in [1.165, 1.54) is 0 Å².